The van der Waals surface area contributed by atoms with Crippen LogP contribution in [0.3, 0.4) is 0 Å². The van der Waals surface area contributed by atoms with Gasteiger partial charge in [-0.25, -0.2) is 9.50 Å². The van der Waals surface area contributed by atoms with Crippen molar-refractivity contribution in [2.75, 3.05) is 11.9 Å². The highest BCUT2D eigenvalue weighted by Crippen LogP contribution is 2.26. The van der Waals surface area contributed by atoms with E-state index in [0.717, 1.165) is 22.3 Å². The molecule has 35 heavy (non-hydrogen) atoms. The minimum absolute atomic E-state index is 0.209. The smallest absolute Gasteiger partial charge is 0.251 e. The topological polar surface area (TPSA) is 109 Å². The molecule has 1 unspecified atom stereocenters. The second-order valence-corrected chi connectivity index (χ2v) is 8.86. The van der Waals surface area contributed by atoms with Crippen molar-refractivity contribution in [1.82, 2.24) is 19.9 Å². The van der Waals surface area contributed by atoms with Gasteiger partial charge < -0.3 is 15.7 Å². The number of aliphatic hydroxyl groups is 1. The van der Waals surface area contributed by atoms with E-state index in [1.165, 1.54) is 6.92 Å². The molecule has 0 saturated heterocycles. The lowest BCUT2D eigenvalue weighted by atomic mass is 9.97. The number of carbonyl (C=O) groups is 2. The van der Waals surface area contributed by atoms with Crippen LogP contribution in [0.5, 0.6) is 0 Å². The number of rotatable bonds is 7. The average Bonchev–Trinajstić information content (AvgIpc) is 3.20. The van der Waals surface area contributed by atoms with Gasteiger partial charge in [-0.15, -0.1) is 0 Å². The zero-order chi connectivity index (χ0) is 25.1. The molecule has 4 rings (SSSR count). The fourth-order valence-corrected chi connectivity index (χ4v) is 4.03. The number of amides is 2. The number of carbonyl (C=O) groups excluding carboxylic acids is 2. The van der Waals surface area contributed by atoms with E-state index in [-0.39, 0.29) is 11.8 Å². The van der Waals surface area contributed by atoms with Crippen molar-refractivity contribution in [3.8, 4) is 11.3 Å². The number of aromatic nitrogens is 3. The lowest BCUT2D eigenvalue weighted by molar-refractivity contribution is -0.114. The SMILES string of the molecule is CC(=O)Nc1cn2nc(-c3cc(C(=O)NCCC(O)c4ccc(Cl)cc4)c(C)cc3C)ccc2n1. The summed E-state index contributed by atoms with van der Waals surface area (Å²) in [5.41, 5.74) is 5.20. The number of nitrogens with one attached hydrogen (secondary N) is 2. The predicted octanol–water partition coefficient (Wildman–Crippen LogP) is 4.48. The Labute approximate surface area is 208 Å². The van der Waals surface area contributed by atoms with Gasteiger partial charge in [-0.3, -0.25) is 9.59 Å². The van der Waals surface area contributed by atoms with Gasteiger partial charge in [0.2, 0.25) is 5.91 Å². The lowest BCUT2D eigenvalue weighted by Crippen LogP contribution is -2.26. The third-order valence-electron chi connectivity index (χ3n) is 5.67. The highest BCUT2D eigenvalue weighted by atomic mass is 35.5. The molecule has 0 spiro atoms. The van der Waals surface area contributed by atoms with Crippen LogP contribution in [0.25, 0.3) is 16.9 Å². The maximum Gasteiger partial charge on any atom is 0.251 e. The van der Waals surface area contributed by atoms with Crippen molar-refractivity contribution in [3.05, 3.63) is 82.0 Å². The Morgan fingerprint density at radius 1 is 1.09 bits per heavy atom. The Morgan fingerprint density at radius 3 is 2.54 bits per heavy atom. The van der Waals surface area contributed by atoms with Crippen LogP contribution in [0.15, 0.2) is 54.7 Å². The second kappa shape index (κ2) is 10.2. The van der Waals surface area contributed by atoms with Crippen molar-refractivity contribution < 1.29 is 14.7 Å². The quantitative estimate of drug-likeness (QED) is 0.353. The molecule has 0 aliphatic rings. The van der Waals surface area contributed by atoms with E-state index < -0.39 is 6.10 Å². The van der Waals surface area contributed by atoms with Crippen LogP contribution >= 0.6 is 11.6 Å². The van der Waals surface area contributed by atoms with E-state index in [9.17, 15) is 14.7 Å². The first-order valence-electron chi connectivity index (χ1n) is 11.2. The van der Waals surface area contributed by atoms with Gasteiger partial charge in [0.15, 0.2) is 11.5 Å². The summed E-state index contributed by atoms with van der Waals surface area (Å²) < 4.78 is 1.60. The fourth-order valence-electron chi connectivity index (χ4n) is 3.91. The number of halogens is 1. The normalized spacial score (nSPS) is 11.9. The zero-order valence-electron chi connectivity index (χ0n) is 19.7. The van der Waals surface area contributed by atoms with Gasteiger partial charge in [-0.1, -0.05) is 29.8 Å². The van der Waals surface area contributed by atoms with Gasteiger partial charge in [0.05, 0.1) is 18.0 Å². The summed E-state index contributed by atoms with van der Waals surface area (Å²) in [6.07, 6.45) is 1.32. The van der Waals surface area contributed by atoms with Crippen molar-refractivity contribution >= 4 is 34.9 Å². The van der Waals surface area contributed by atoms with E-state index in [1.54, 1.807) is 35.0 Å². The minimum atomic E-state index is -0.698. The fraction of sp³-hybridized carbons (Fsp3) is 0.231. The van der Waals surface area contributed by atoms with Crippen molar-refractivity contribution in [2.45, 2.75) is 33.3 Å². The van der Waals surface area contributed by atoms with E-state index >= 15 is 0 Å². The van der Waals surface area contributed by atoms with Gasteiger partial charge in [0.1, 0.15) is 0 Å². The molecule has 2 heterocycles. The highest BCUT2D eigenvalue weighted by molar-refractivity contribution is 6.30. The van der Waals surface area contributed by atoms with Crippen LogP contribution in [0.4, 0.5) is 5.82 Å². The molecule has 0 aliphatic heterocycles. The Bertz CT molecular complexity index is 1400. The van der Waals surface area contributed by atoms with Crippen LogP contribution in [0.2, 0.25) is 5.02 Å². The molecule has 0 aliphatic carbocycles. The number of benzene rings is 2. The lowest BCUT2D eigenvalue weighted by Gasteiger charge is -2.14. The van der Waals surface area contributed by atoms with Gasteiger partial charge >= 0.3 is 0 Å². The zero-order valence-corrected chi connectivity index (χ0v) is 20.4. The molecular weight excluding hydrogens is 466 g/mol. The molecule has 0 fully saturated rings. The van der Waals surface area contributed by atoms with E-state index in [0.29, 0.717) is 40.7 Å². The summed E-state index contributed by atoms with van der Waals surface area (Å²) >= 11 is 5.90. The Morgan fingerprint density at radius 2 is 1.83 bits per heavy atom. The average molecular weight is 492 g/mol. The van der Waals surface area contributed by atoms with Crippen molar-refractivity contribution in [2.24, 2.45) is 0 Å². The van der Waals surface area contributed by atoms with Gasteiger partial charge in [0.25, 0.3) is 5.91 Å². The number of hydrogen-bond acceptors (Lipinski definition) is 5. The number of nitrogens with zero attached hydrogens (tertiary/aromatic N) is 3. The molecule has 2 aromatic heterocycles. The summed E-state index contributed by atoms with van der Waals surface area (Å²) in [5.74, 6) is -0.00770. The summed E-state index contributed by atoms with van der Waals surface area (Å²) in [7, 11) is 0. The molecule has 8 nitrogen and oxygen atoms in total. The van der Waals surface area contributed by atoms with Crippen LogP contribution in [-0.4, -0.2) is 38.1 Å². The molecular formula is C26H26ClN5O3. The molecule has 0 saturated carbocycles. The number of imidazole rings is 1. The first-order chi connectivity index (χ1) is 16.7. The Balaban J connectivity index is 1.50. The first kappa shape index (κ1) is 24.4. The summed E-state index contributed by atoms with van der Waals surface area (Å²) in [6, 6.07) is 14.4. The number of hydrogen-bond donors (Lipinski definition) is 3. The third-order valence-corrected chi connectivity index (χ3v) is 5.93. The molecule has 3 N–H and O–H groups in total. The predicted molar refractivity (Wildman–Crippen MR) is 136 cm³/mol. The molecule has 2 amide bonds. The summed E-state index contributed by atoms with van der Waals surface area (Å²) in [4.78, 5) is 28.6. The number of anilines is 1. The molecule has 2 aromatic carbocycles. The minimum Gasteiger partial charge on any atom is -0.388 e. The number of fused-ring (bicyclic) bond motifs is 1. The summed E-state index contributed by atoms with van der Waals surface area (Å²) in [5, 5.41) is 21.2. The van der Waals surface area contributed by atoms with E-state index in [1.807, 2.05) is 38.1 Å². The summed E-state index contributed by atoms with van der Waals surface area (Å²) in [6.45, 7) is 5.59. The maximum absolute atomic E-state index is 13.0. The van der Waals surface area contributed by atoms with E-state index in [2.05, 4.69) is 20.7 Å². The number of aliphatic hydroxyl groups excluding tert-OH is 1. The van der Waals surface area contributed by atoms with Crippen molar-refractivity contribution in [3.63, 3.8) is 0 Å². The molecule has 9 heteroatoms. The van der Waals surface area contributed by atoms with Crippen LogP contribution in [0, 0.1) is 13.8 Å². The molecule has 4 aromatic rings. The molecule has 0 radical (unpaired) electrons. The van der Waals surface area contributed by atoms with Crippen LogP contribution in [0.1, 0.15) is 46.5 Å². The van der Waals surface area contributed by atoms with Gasteiger partial charge in [-0.05, 0) is 67.3 Å². The molecule has 180 valence electrons. The van der Waals surface area contributed by atoms with Crippen LogP contribution in [-0.2, 0) is 4.79 Å². The van der Waals surface area contributed by atoms with Gasteiger partial charge in [-0.2, -0.15) is 5.10 Å². The largest absolute Gasteiger partial charge is 0.388 e. The Hall–Kier alpha value is -3.75. The standard InChI is InChI=1S/C26H26ClN5O3/c1-15-12-16(2)21(26(35)28-11-10-23(34)18-4-6-19(27)7-5-18)13-20(15)22-8-9-25-30-24(29-17(3)33)14-32(25)31-22/h4-9,12-14,23,34H,10-11H2,1-3H3,(H,28,35)(H,29,33). The van der Waals surface area contributed by atoms with Crippen LogP contribution < -0.4 is 10.6 Å². The molecule has 0 bridgehead atoms. The molecule has 1 atom stereocenters. The highest BCUT2D eigenvalue weighted by Gasteiger charge is 2.16. The first-order valence-corrected chi connectivity index (χ1v) is 11.6. The van der Waals surface area contributed by atoms with Crippen molar-refractivity contribution in [1.29, 1.82) is 0 Å². The Kier molecular flexibility index (Phi) is 7.14. The van der Waals surface area contributed by atoms with E-state index in [4.69, 9.17) is 11.6 Å². The third kappa shape index (κ3) is 5.67. The van der Waals surface area contributed by atoms with Gasteiger partial charge in [0, 0.05) is 29.6 Å². The monoisotopic (exact) mass is 491 g/mol. The maximum atomic E-state index is 13.0. The second-order valence-electron chi connectivity index (χ2n) is 8.42. The number of aryl methyl sites for hydroxylation is 2.